The first-order chi connectivity index (χ1) is 4.63. The summed E-state index contributed by atoms with van der Waals surface area (Å²) < 4.78 is 0. The predicted octanol–water partition coefficient (Wildman–Crippen LogP) is 1.42. The average Bonchev–Trinajstić information content (AvgIpc) is 2.11. The van der Waals surface area contributed by atoms with Gasteiger partial charge in [-0.25, -0.2) is 0 Å². The summed E-state index contributed by atoms with van der Waals surface area (Å²) in [7, 11) is 0. The van der Waals surface area contributed by atoms with Crippen LogP contribution in [0, 0.1) is 6.92 Å². The molecule has 3 nitrogen and oxygen atoms in total. The topological polar surface area (TPSA) is 54.7 Å². The van der Waals surface area contributed by atoms with Crippen LogP contribution in [0.5, 0.6) is 0 Å². The van der Waals surface area contributed by atoms with Gasteiger partial charge in [-0.05, 0) is 12.8 Å². The van der Waals surface area contributed by atoms with Gasteiger partial charge in [-0.2, -0.15) is 5.10 Å². The fourth-order valence-corrected chi connectivity index (χ4v) is 1.19. The van der Waals surface area contributed by atoms with Crippen molar-refractivity contribution in [2.75, 3.05) is 5.73 Å². The Morgan fingerprint density at radius 2 is 2.10 bits per heavy atom. The summed E-state index contributed by atoms with van der Waals surface area (Å²) in [5.41, 5.74) is 7.77. The van der Waals surface area contributed by atoms with Gasteiger partial charge in [0.1, 0.15) is 5.82 Å². The summed E-state index contributed by atoms with van der Waals surface area (Å²) >= 11 is 0. The monoisotopic (exact) mass is 139 g/mol. The van der Waals surface area contributed by atoms with Gasteiger partial charge in [0.15, 0.2) is 0 Å². The minimum Gasteiger partial charge on any atom is -0.384 e. The first kappa shape index (κ1) is 7.12. The normalized spacial score (nSPS) is 10.8. The highest BCUT2D eigenvalue weighted by Gasteiger charge is 2.09. The van der Waals surface area contributed by atoms with Crippen LogP contribution >= 0.6 is 0 Å². The number of aromatic amines is 1. The Morgan fingerprint density at radius 1 is 1.50 bits per heavy atom. The van der Waals surface area contributed by atoms with Crippen molar-refractivity contribution in [2.45, 2.75) is 26.7 Å². The van der Waals surface area contributed by atoms with Gasteiger partial charge < -0.3 is 5.73 Å². The molecular weight excluding hydrogens is 126 g/mol. The summed E-state index contributed by atoms with van der Waals surface area (Å²) in [5, 5.41) is 6.73. The molecule has 0 saturated heterocycles. The summed E-state index contributed by atoms with van der Waals surface area (Å²) in [5.74, 6) is 1.16. The van der Waals surface area contributed by atoms with Crippen molar-refractivity contribution < 1.29 is 0 Å². The van der Waals surface area contributed by atoms with Crippen LogP contribution in [0.3, 0.4) is 0 Å². The highest BCUT2D eigenvalue weighted by molar-refractivity contribution is 5.43. The third kappa shape index (κ3) is 0.988. The molecule has 0 aromatic carbocycles. The van der Waals surface area contributed by atoms with E-state index in [1.54, 1.807) is 0 Å². The molecule has 0 unspecified atom stereocenters. The first-order valence-electron chi connectivity index (χ1n) is 3.43. The maximum absolute atomic E-state index is 5.62. The van der Waals surface area contributed by atoms with Crippen molar-refractivity contribution in [3.05, 3.63) is 11.3 Å². The van der Waals surface area contributed by atoms with Crippen molar-refractivity contribution in [3.8, 4) is 0 Å². The number of nitrogens with zero attached hydrogens (tertiary/aromatic N) is 1. The molecule has 0 saturated carbocycles. The number of aryl methyl sites for hydroxylation is 1. The summed E-state index contributed by atoms with van der Waals surface area (Å²) in [4.78, 5) is 0. The number of nitrogens with two attached hydrogens (primary N) is 1. The van der Waals surface area contributed by atoms with Crippen LogP contribution in [0.15, 0.2) is 0 Å². The van der Waals surface area contributed by atoms with Crippen molar-refractivity contribution in [3.63, 3.8) is 0 Å². The second-order valence-corrected chi connectivity index (χ2v) is 2.79. The lowest BCUT2D eigenvalue weighted by atomic mass is 10.0. The van der Waals surface area contributed by atoms with Gasteiger partial charge in [0.25, 0.3) is 0 Å². The number of rotatable bonds is 1. The molecule has 0 radical (unpaired) electrons. The molecule has 1 aromatic rings. The van der Waals surface area contributed by atoms with E-state index < -0.39 is 0 Å². The zero-order chi connectivity index (χ0) is 7.72. The minimum absolute atomic E-state index is 0.457. The van der Waals surface area contributed by atoms with Crippen molar-refractivity contribution in [2.24, 2.45) is 0 Å². The van der Waals surface area contributed by atoms with Gasteiger partial charge in [0.2, 0.25) is 0 Å². The van der Waals surface area contributed by atoms with Crippen molar-refractivity contribution >= 4 is 5.82 Å². The Bertz CT molecular complexity index is 205. The zero-order valence-corrected chi connectivity index (χ0v) is 6.60. The zero-order valence-electron chi connectivity index (χ0n) is 6.60. The van der Waals surface area contributed by atoms with Crippen LogP contribution in [-0.2, 0) is 0 Å². The van der Waals surface area contributed by atoms with Gasteiger partial charge in [-0.1, -0.05) is 13.8 Å². The molecule has 56 valence electrons. The standard InChI is InChI=1S/C7H13N3/c1-4(2)6-5(3)9-10-7(6)8/h4H,1-3H3,(H3,8,9,10). The van der Waals surface area contributed by atoms with Gasteiger partial charge in [-0.15, -0.1) is 0 Å². The Kier molecular flexibility index (Phi) is 1.66. The van der Waals surface area contributed by atoms with E-state index in [1.165, 1.54) is 0 Å². The molecule has 0 bridgehead atoms. The molecule has 0 spiro atoms. The summed E-state index contributed by atoms with van der Waals surface area (Å²) in [6.45, 7) is 6.17. The van der Waals surface area contributed by atoms with Gasteiger partial charge >= 0.3 is 0 Å². The van der Waals surface area contributed by atoms with Gasteiger partial charge in [-0.3, -0.25) is 5.10 Å². The third-order valence-electron chi connectivity index (χ3n) is 1.60. The molecule has 0 aliphatic carbocycles. The number of hydrogen-bond donors (Lipinski definition) is 2. The van der Waals surface area contributed by atoms with E-state index in [2.05, 4.69) is 24.0 Å². The summed E-state index contributed by atoms with van der Waals surface area (Å²) in [6, 6.07) is 0. The third-order valence-corrected chi connectivity index (χ3v) is 1.60. The molecule has 0 fully saturated rings. The Morgan fingerprint density at radius 3 is 2.30 bits per heavy atom. The average molecular weight is 139 g/mol. The fourth-order valence-electron chi connectivity index (χ4n) is 1.19. The quantitative estimate of drug-likeness (QED) is 0.618. The maximum atomic E-state index is 5.62. The second-order valence-electron chi connectivity index (χ2n) is 2.79. The molecule has 10 heavy (non-hydrogen) atoms. The van der Waals surface area contributed by atoms with Crippen LogP contribution in [0.2, 0.25) is 0 Å². The molecule has 1 rings (SSSR count). The first-order valence-corrected chi connectivity index (χ1v) is 3.43. The number of hydrogen-bond acceptors (Lipinski definition) is 2. The second kappa shape index (κ2) is 2.33. The van der Waals surface area contributed by atoms with Crippen LogP contribution in [0.25, 0.3) is 0 Å². The van der Waals surface area contributed by atoms with Crippen LogP contribution in [0.1, 0.15) is 31.0 Å². The number of nitrogen functional groups attached to an aromatic ring is 1. The predicted molar refractivity (Wildman–Crippen MR) is 41.8 cm³/mol. The Labute approximate surface area is 60.6 Å². The largest absolute Gasteiger partial charge is 0.384 e. The molecule has 1 aromatic heterocycles. The minimum atomic E-state index is 0.457. The maximum Gasteiger partial charge on any atom is 0.122 e. The lowest BCUT2D eigenvalue weighted by molar-refractivity contribution is 0.859. The van der Waals surface area contributed by atoms with Crippen LogP contribution < -0.4 is 5.73 Å². The van der Waals surface area contributed by atoms with E-state index in [0.29, 0.717) is 11.7 Å². The smallest absolute Gasteiger partial charge is 0.122 e. The van der Waals surface area contributed by atoms with Crippen molar-refractivity contribution in [1.29, 1.82) is 0 Å². The lowest BCUT2D eigenvalue weighted by Gasteiger charge is -2.02. The lowest BCUT2D eigenvalue weighted by Crippen LogP contribution is -1.94. The Balaban J connectivity index is 3.10. The molecule has 0 amide bonds. The molecule has 3 N–H and O–H groups in total. The molecule has 0 aliphatic rings. The van der Waals surface area contributed by atoms with Crippen molar-refractivity contribution in [1.82, 2.24) is 10.2 Å². The van der Waals surface area contributed by atoms with Crippen LogP contribution in [0.4, 0.5) is 5.82 Å². The van der Waals surface area contributed by atoms with Crippen LogP contribution in [-0.4, -0.2) is 10.2 Å². The Hall–Kier alpha value is -0.990. The molecular formula is C7H13N3. The van der Waals surface area contributed by atoms with E-state index in [-0.39, 0.29) is 0 Å². The fraction of sp³-hybridized carbons (Fsp3) is 0.571. The summed E-state index contributed by atoms with van der Waals surface area (Å²) in [6.07, 6.45) is 0. The molecule has 3 heteroatoms. The number of anilines is 1. The highest BCUT2D eigenvalue weighted by Crippen LogP contribution is 2.21. The number of H-pyrrole nitrogens is 1. The highest BCUT2D eigenvalue weighted by atomic mass is 15.2. The van der Waals surface area contributed by atoms with Gasteiger partial charge in [0, 0.05) is 5.56 Å². The number of aromatic nitrogens is 2. The number of nitrogens with one attached hydrogen (secondary N) is 1. The van der Waals surface area contributed by atoms with E-state index in [1.807, 2.05) is 6.92 Å². The van der Waals surface area contributed by atoms with E-state index in [9.17, 15) is 0 Å². The van der Waals surface area contributed by atoms with E-state index in [0.717, 1.165) is 11.3 Å². The molecule has 0 aliphatic heterocycles. The SMILES string of the molecule is Cc1n[nH]c(N)c1C(C)C. The van der Waals surface area contributed by atoms with E-state index >= 15 is 0 Å². The molecule has 0 atom stereocenters. The van der Waals surface area contributed by atoms with Gasteiger partial charge in [0.05, 0.1) is 5.69 Å². The molecule has 1 heterocycles. The van der Waals surface area contributed by atoms with E-state index in [4.69, 9.17) is 5.73 Å².